The zero-order chi connectivity index (χ0) is 10.1. The molecule has 0 saturated carbocycles. The Morgan fingerprint density at radius 2 is 2.14 bits per heavy atom. The molecule has 0 fully saturated rings. The minimum atomic E-state index is -0.908. The number of halogens is 2. The van der Waals surface area contributed by atoms with Gasteiger partial charge < -0.3 is 0 Å². The number of nitroso groups, excluding NO2 is 1. The number of hydrogen-bond acceptors (Lipinski definition) is 5. The molecule has 1 atom stereocenters. The molecule has 0 aliphatic rings. The van der Waals surface area contributed by atoms with Crippen molar-refractivity contribution in [1.29, 1.82) is 0 Å². The number of benzene rings is 1. The van der Waals surface area contributed by atoms with E-state index in [2.05, 4.69) is 29.9 Å². The second-order valence-corrected chi connectivity index (χ2v) is 4.34. The van der Waals surface area contributed by atoms with E-state index < -0.39 is 5.50 Å². The summed E-state index contributed by atoms with van der Waals surface area (Å²) in [5.74, 6) is 0. The summed E-state index contributed by atoms with van der Waals surface area (Å²) in [6.07, 6.45) is 0. The molecule has 0 radical (unpaired) electrons. The average Bonchev–Trinajstić information content (AvgIpc) is 2.67. The highest BCUT2D eigenvalue weighted by Crippen LogP contribution is 2.31. The molecular formula is C7H3BrClN3OS. The summed E-state index contributed by atoms with van der Waals surface area (Å²) in [7, 11) is 0. The third-order valence-electron chi connectivity index (χ3n) is 1.75. The van der Waals surface area contributed by atoms with Crippen LogP contribution in [-0.2, 0) is 0 Å². The molecule has 4 nitrogen and oxygen atoms in total. The molecule has 0 spiro atoms. The van der Waals surface area contributed by atoms with Crippen molar-refractivity contribution < 1.29 is 0 Å². The lowest BCUT2D eigenvalue weighted by molar-refractivity contribution is 1.01. The number of rotatable bonds is 2. The Labute approximate surface area is 96.7 Å². The highest BCUT2D eigenvalue weighted by Gasteiger charge is 2.15. The van der Waals surface area contributed by atoms with E-state index >= 15 is 0 Å². The lowest BCUT2D eigenvalue weighted by Crippen LogP contribution is -1.88. The summed E-state index contributed by atoms with van der Waals surface area (Å²) >= 11 is 10.1. The van der Waals surface area contributed by atoms with Crippen molar-refractivity contribution in [2.75, 3.05) is 0 Å². The monoisotopic (exact) mass is 291 g/mol. The van der Waals surface area contributed by atoms with E-state index in [1.54, 1.807) is 12.1 Å². The Morgan fingerprint density at radius 3 is 2.86 bits per heavy atom. The summed E-state index contributed by atoms with van der Waals surface area (Å²) in [6, 6.07) is 3.49. The van der Waals surface area contributed by atoms with Crippen molar-refractivity contribution >= 4 is 50.3 Å². The van der Waals surface area contributed by atoms with Crippen molar-refractivity contribution in [2.24, 2.45) is 5.18 Å². The Hall–Kier alpha value is -0.590. The Balaban J connectivity index is 2.72. The molecule has 7 heteroatoms. The van der Waals surface area contributed by atoms with Crippen LogP contribution in [-0.4, -0.2) is 8.75 Å². The SMILES string of the molecule is O=NC(Cl)c1ccc(Br)c2nsnc12. The summed E-state index contributed by atoms with van der Waals surface area (Å²) in [4.78, 5) is 10.3. The molecule has 1 aromatic heterocycles. The van der Waals surface area contributed by atoms with Crippen LogP contribution in [0, 0.1) is 4.91 Å². The number of alkyl halides is 1. The maximum absolute atomic E-state index is 10.3. The molecule has 0 bridgehead atoms. The number of fused-ring (bicyclic) bond motifs is 1. The Kier molecular flexibility index (Phi) is 2.76. The van der Waals surface area contributed by atoms with Crippen molar-refractivity contribution in [3.8, 4) is 0 Å². The molecule has 1 aromatic carbocycles. The van der Waals surface area contributed by atoms with Gasteiger partial charge in [0.15, 0.2) is 5.50 Å². The first-order valence-corrected chi connectivity index (χ1v) is 5.57. The predicted molar refractivity (Wildman–Crippen MR) is 59.5 cm³/mol. The Bertz CT molecular complexity index is 489. The standard InChI is InChI=1S/C7H3BrClN3OS/c8-4-2-1-3(7(9)10-13)5-6(4)12-14-11-5/h1-2,7H. The number of nitrogens with zero attached hydrogens (tertiary/aromatic N) is 3. The summed E-state index contributed by atoms with van der Waals surface area (Å²) in [6.45, 7) is 0. The van der Waals surface area contributed by atoms with Crippen LogP contribution in [0.4, 0.5) is 0 Å². The number of aromatic nitrogens is 2. The van der Waals surface area contributed by atoms with Gasteiger partial charge in [-0.1, -0.05) is 17.7 Å². The van der Waals surface area contributed by atoms with Gasteiger partial charge >= 0.3 is 0 Å². The molecule has 0 aliphatic heterocycles. The van der Waals surface area contributed by atoms with E-state index in [0.717, 1.165) is 16.2 Å². The normalized spacial score (nSPS) is 13.0. The summed E-state index contributed by atoms with van der Waals surface area (Å²) in [5.41, 5.74) is 1.02. The highest BCUT2D eigenvalue weighted by molar-refractivity contribution is 9.10. The molecule has 0 N–H and O–H groups in total. The van der Waals surface area contributed by atoms with E-state index in [9.17, 15) is 4.91 Å². The smallest absolute Gasteiger partial charge is 0.172 e. The second-order valence-electron chi connectivity index (χ2n) is 2.54. The van der Waals surface area contributed by atoms with Gasteiger partial charge in [-0.3, -0.25) is 0 Å². The molecule has 2 rings (SSSR count). The Morgan fingerprint density at radius 1 is 1.43 bits per heavy atom. The average molecular weight is 293 g/mol. The molecule has 1 heterocycles. The van der Waals surface area contributed by atoms with Crippen LogP contribution < -0.4 is 0 Å². The first-order valence-electron chi connectivity index (χ1n) is 3.61. The van der Waals surface area contributed by atoms with Crippen LogP contribution in [0.5, 0.6) is 0 Å². The lowest BCUT2D eigenvalue weighted by Gasteiger charge is -2.01. The van der Waals surface area contributed by atoms with Crippen molar-refractivity contribution in [3.05, 3.63) is 27.1 Å². The van der Waals surface area contributed by atoms with E-state index in [0.29, 0.717) is 16.6 Å². The van der Waals surface area contributed by atoms with E-state index in [-0.39, 0.29) is 0 Å². The van der Waals surface area contributed by atoms with Crippen molar-refractivity contribution in [3.63, 3.8) is 0 Å². The third-order valence-corrected chi connectivity index (χ3v) is 3.23. The molecule has 0 aliphatic carbocycles. The van der Waals surface area contributed by atoms with Gasteiger partial charge in [-0.05, 0) is 27.2 Å². The number of hydrogen-bond donors (Lipinski definition) is 0. The molecule has 0 amide bonds. The van der Waals surface area contributed by atoms with Gasteiger partial charge in [0.05, 0.1) is 11.7 Å². The van der Waals surface area contributed by atoms with Gasteiger partial charge in [-0.25, -0.2) is 0 Å². The summed E-state index contributed by atoms with van der Waals surface area (Å²) < 4.78 is 8.98. The quantitative estimate of drug-likeness (QED) is 0.484. The highest BCUT2D eigenvalue weighted by atomic mass is 79.9. The zero-order valence-corrected chi connectivity index (χ0v) is 9.80. The maximum Gasteiger partial charge on any atom is 0.192 e. The van der Waals surface area contributed by atoms with Gasteiger partial charge in [0.1, 0.15) is 11.0 Å². The molecule has 14 heavy (non-hydrogen) atoms. The fourth-order valence-electron chi connectivity index (χ4n) is 1.10. The third kappa shape index (κ3) is 1.53. The summed E-state index contributed by atoms with van der Waals surface area (Å²) in [5, 5.41) is 2.76. The molecule has 1 unspecified atom stereocenters. The lowest BCUT2D eigenvalue weighted by atomic mass is 10.2. The van der Waals surface area contributed by atoms with Crippen molar-refractivity contribution in [2.45, 2.75) is 5.50 Å². The van der Waals surface area contributed by atoms with Crippen LogP contribution >= 0.6 is 39.3 Å². The first-order chi connectivity index (χ1) is 6.74. The van der Waals surface area contributed by atoms with Crippen LogP contribution in [0.3, 0.4) is 0 Å². The molecular weight excluding hydrogens is 290 g/mol. The topological polar surface area (TPSA) is 55.2 Å². The fourth-order valence-corrected chi connectivity index (χ4v) is 2.39. The van der Waals surface area contributed by atoms with Gasteiger partial charge in [0, 0.05) is 10.0 Å². The molecule has 2 aromatic rings. The molecule has 0 saturated heterocycles. The van der Waals surface area contributed by atoms with Crippen LogP contribution in [0.2, 0.25) is 0 Å². The molecule has 72 valence electrons. The maximum atomic E-state index is 10.3. The second kappa shape index (κ2) is 3.88. The minimum Gasteiger partial charge on any atom is -0.172 e. The first kappa shape index (κ1) is 9.95. The van der Waals surface area contributed by atoms with Gasteiger partial charge in [-0.2, -0.15) is 8.75 Å². The van der Waals surface area contributed by atoms with Crippen LogP contribution in [0.15, 0.2) is 21.8 Å². The van der Waals surface area contributed by atoms with Crippen molar-refractivity contribution in [1.82, 2.24) is 8.75 Å². The minimum absolute atomic E-state index is 0.591. The van der Waals surface area contributed by atoms with Gasteiger partial charge in [-0.15, -0.1) is 4.91 Å². The predicted octanol–water partition coefficient (Wildman–Crippen LogP) is 3.46. The van der Waals surface area contributed by atoms with Gasteiger partial charge in [0.25, 0.3) is 0 Å². The van der Waals surface area contributed by atoms with Crippen LogP contribution in [0.1, 0.15) is 11.1 Å². The van der Waals surface area contributed by atoms with E-state index in [1.807, 2.05) is 0 Å². The van der Waals surface area contributed by atoms with E-state index in [4.69, 9.17) is 11.6 Å². The largest absolute Gasteiger partial charge is 0.192 e. The van der Waals surface area contributed by atoms with Gasteiger partial charge in [0.2, 0.25) is 0 Å². The van der Waals surface area contributed by atoms with Crippen LogP contribution in [0.25, 0.3) is 11.0 Å². The van der Waals surface area contributed by atoms with E-state index in [1.165, 1.54) is 0 Å². The fraction of sp³-hybridized carbons (Fsp3) is 0.143. The zero-order valence-electron chi connectivity index (χ0n) is 6.65.